The van der Waals surface area contributed by atoms with Gasteiger partial charge in [0, 0.05) is 0 Å². The monoisotopic (exact) mass is 484 g/mol. The van der Waals surface area contributed by atoms with Crippen LogP contribution in [0.4, 0.5) is 0 Å². The maximum atomic E-state index is 4.49. The summed E-state index contributed by atoms with van der Waals surface area (Å²) in [5, 5.41) is 1.38. The summed E-state index contributed by atoms with van der Waals surface area (Å²) in [6.07, 6.45) is 7.43. The molecule has 2 atom stereocenters. The van der Waals surface area contributed by atoms with Gasteiger partial charge in [0.2, 0.25) is 0 Å². The normalized spacial score (nSPS) is 16.7. The fraction of sp³-hybridized carbons (Fsp3) is 0.357. The standard InChI is InChI=1S/C26H30SSe.C2H6/c1-5-6-7-25(20(4)16-27)23-13-22(14-24(15-23)26-17-28-26)19(3)12-21-10-8-18(2)9-11-21;1-2/h5-11,13-15,19,26-27H,4,12,16-17H2,1-3H3;1-2H3/b6-5-,25-7+;. The Morgan fingerprint density at radius 1 is 1.20 bits per heavy atom. The van der Waals surface area contributed by atoms with E-state index in [9.17, 15) is 0 Å². The van der Waals surface area contributed by atoms with Crippen LogP contribution >= 0.6 is 12.6 Å². The van der Waals surface area contributed by atoms with Crippen molar-refractivity contribution < 1.29 is 0 Å². The van der Waals surface area contributed by atoms with Crippen molar-refractivity contribution in [3.05, 3.63) is 101 Å². The van der Waals surface area contributed by atoms with Crippen LogP contribution in [0.5, 0.6) is 0 Å². The van der Waals surface area contributed by atoms with Gasteiger partial charge in [0.05, 0.1) is 0 Å². The summed E-state index contributed by atoms with van der Waals surface area (Å²) in [6, 6.07) is 16.2. The molecule has 0 radical (unpaired) electrons. The van der Waals surface area contributed by atoms with Crippen molar-refractivity contribution in [2.75, 3.05) is 5.75 Å². The zero-order chi connectivity index (χ0) is 22.1. The number of rotatable bonds is 8. The van der Waals surface area contributed by atoms with E-state index < -0.39 is 0 Å². The number of aryl methyl sites for hydroxylation is 1. The van der Waals surface area contributed by atoms with E-state index in [0.717, 1.165) is 31.8 Å². The Morgan fingerprint density at radius 2 is 1.87 bits per heavy atom. The molecule has 160 valence electrons. The molecule has 2 unspecified atom stereocenters. The Balaban J connectivity index is 0.00000155. The minimum Gasteiger partial charge on any atom is -0.0683 e. The molecule has 1 saturated heterocycles. The molecule has 30 heavy (non-hydrogen) atoms. The van der Waals surface area contributed by atoms with E-state index in [1.165, 1.54) is 38.7 Å². The number of allylic oxidation sites excluding steroid dienone is 4. The first kappa shape index (κ1) is 24.8. The first-order chi connectivity index (χ1) is 14.5. The molecule has 3 rings (SSSR count). The van der Waals surface area contributed by atoms with E-state index >= 15 is 0 Å². The molecule has 0 bridgehead atoms. The van der Waals surface area contributed by atoms with E-state index in [-0.39, 0.29) is 0 Å². The Hall–Kier alpha value is -1.47. The molecule has 0 aromatic heterocycles. The van der Waals surface area contributed by atoms with E-state index in [1.807, 2.05) is 13.8 Å². The molecule has 0 aliphatic carbocycles. The second-order valence-corrected chi connectivity index (χ2v) is 10.6. The summed E-state index contributed by atoms with van der Waals surface area (Å²) in [7, 11) is 0. The van der Waals surface area contributed by atoms with Gasteiger partial charge in [-0.15, -0.1) is 0 Å². The van der Waals surface area contributed by atoms with Gasteiger partial charge < -0.3 is 0 Å². The number of thiol groups is 1. The third kappa shape index (κ3) is 7.05. The van der Waals surface area contributed by atoms with Gasteiger partial charge in [-0.2, -0.15) is 0 Å². The molecule has 0 saturated carbocycles. The third-order valence-electron chi connectivity index (χ3n) is 5.25. The van der Waals surface area contributed by atoms with Crippen molar-refractivity contribution in [1.29, 1.82) is 0 Å². The maximum Gasteiger partial charge on any atom is -0.0683 e. The first-order valence-electron chi connectivity index (χ1n) is 11.0. The molecule has 2 heteroatoms. The molecule has 1 heterocycles. The van der Waals surface area contributed by atoms with Crippen LogP contribution in [0, 0.1) is 6.92 Å². The van der Waals surface area contributed by atoms with Crippen molar-refractivity contribution in [3.63, 3.8) is 0 Å². The van der Waals surface area contributed by atoms with Gasteiger partial charge >= 0.3 is 183 Å². The minimum absolute atomic E-state index is 0.486. The van der Waals surface area contributed by atoms with Gasteiger partial charge in [-0.25, -0.2) is 0 Å². The largest absolute Gasteiger partial charge is 0.0683 e. The second-order valence-electron chi connectivity index (χ2n) is 7.67. The zero-order valence-electron chi connectivity index (χ0n) is 19.1. The molecular weight excluding hydrogens is 447 g/mol. The van der Waals surface area contributed by atoms with Gasteiger partial charge in [-0.05, 0) is 0 Å². The van der Waals surface area contributed by atoms with Crippen molar-refractivity contribution in [2.24, 2.45) is 0 Å². The third-order valence-corrected chi connectivity index (χ3v) is 7.60. The number of hydrogen-bond donors (Lipinski definition) is 1. The van der Waals surface area contributed by atoms with Crippen molar-refractivity contribution in [2.45, 2.75) is 57.1 Å². The van der Waals surface area contributed by atoms with Crippen LogP contribution in [0.25, 0.3) is 5.57 Å². The maximum absolute atomic E-state index is 4.49. The SMILES string of the molecule is C=C(CS)/C(=C\C=C/C)c1cc(C(C)Cc2ccc(C)cc2)cc(C2C[Se]2)c1.CC. The molecule has 0 spiro atoms. The van der Waals surface area contributed by atoms with E-state index in [2.05, 4.69) is 101 Å². The molecule has 2 aromatic rings. The van der Waals surface area contributed by atoms with Crippen LogP contribution in [-0.4, -0.2) is 20.7 Å². The molecular formula is C28H36SSe. The fourth-order valence-electron chi connectivity index (χ4n) is 3.43. The molecule has 1 fully saturated rings. The first-order valence-corrected chi connectivity index (χ1v) is 13.8. The molecule has 1 aliphatic heterocycles. The van der Waals surface area contributed by atoms with Crippen molar-refractivity contribution >= 4 is 33.2 Å². The van der Waals surface area contributed by atoms with Gasteiger partial charge in [-0.3, -0.25) is 0 Å². The van der Waals surface area contributed by atoms with Crippen LogP contribution in [-0.2, 0) is 6.42 Å². The van der Waals surface area contributed by atoms with Crippen LogP contribution < -0.4 is 0 Å². The molecule has 1 aliphatic rings. The van der Waals surface area contributed by atoms with Gasteiger partial charge in [0.1, 0.15) is 0 Å². The quantitative estimate of drug-likeness (QED) is 0.220. The predicted octanol–water partition coefficient (Wildman–Crippen LogP) is 7.99. The molecule has 0 N–H and O–H groups in total. The summed E-state index contributed by atoms with van der Waals surface area (Å²) in [6.45, 7) is 14.8. The Morgan fingerprint density at radius 3 is 2.43 bits per heavy atom. The van der Waals surface area contributed by atoms with Crippen LogP contribution in [0.15, 0.2) is 72.8 Å². The average Bonchev–Trinajstić information content (AvgIpc) is 3.62. The van der Waals surface area contributed by atoms with E-state index in [4.69, 9.17) is 0 Å². The van der Waals surface area contributed by atoms with Gasteiger partial charge in [0.25, 0.3) is 0 Å². The number of hydrogen-bond acceptors (Lipinski definition) is 1. The fourth-order valence-corrected chi connectivity index (χ4v) is 4.90. The zero-order valence-corrected chi connectivity index (χ0v) is 21.7. The number of benzene rings is 2. The predicted molar refractivity (Wildman–Crippen MR) is 140 cm³/mol. The topological polar surface area (TPSA) is 0 Å². The summed E-state index contributed by atoms with van der Waals surface area (Å²) < 4.78 is 0. The van der Waals surface area contributed by atoms with Crippen molar-refractivity contribution in [1.82, 2.24) is 0 Å². The summed E-state index contributed by atoms with van der Waals surface area (Å²) in [5.41, 5.74) is 9.27. The summed E-state index contributed by atoms with van der Waals surface area (Å²) in [5.74, 6) is 1.16. The minimum atomic E-state index is 0.486. The average molecular weight is 484 g/mol. The Bertz CT molecular complexity index is 885. The summed E-state index contributed by atoms with van der Waals surface area (Å²) in [4.78, 5) is 0.796. The molecule has 0 amide bonds. The van der Waals surface area contributed by atoms with Crippen molar-refractivity contribution in [3.8, 4) is 0 Å². The Kier molecular flexibility index (Phi) is 10.2. The molecule has 2 aromatic carbocycles. The van der Waals surface area contributed by atoms with Crippen LogP contribution in [0.3, 0.4) is 0 Å². The van der Waals surface area contributed by atoms with E-state index in [0.29, 0.717) is 11.7 Å². The molecule has 0 nitrogen and oxygen atoms in total. The van der Waals surface area contributed by atoms with Crippen LogP contribution in [0.2, 0.25) is 5.32 Å². The van der Waals surface area contributed by atoms with Gasteiger partial charge in [-0.1, -0.05) is 13.8 Å². The smallest absolute Gasteiger partial charge is 0.0683 e. The van der Waals surface area contributed by atoms with E-state index in [1.54, 1.807) is 0 Å². The summed E-state index contributed by atoms with van der Waals surface area (Å²) >= 11 is 5.27. The second kappa shape index (κ2) is 12.4. The van der Waals surface area contributed by atoms with Crippen LogP contribution in [0.1, 0.15) is 66.2 Å². The van der Waals surface area contributed by atoms with Gasteiger partial charge in [0.15, 0.2) is 0 Å². The Labute approximate surface area is 196 Å².